The van der Waals surface area contributed by atoms with Crippen LogP contribution in [0.4, 0.5) is 5.69 Å². The monoisotopic (exact) mass is 334 g/mol. The van der Waals surface area contributed by atoms with Gasteiger partial charge in [-0.05, 0) is 61.2 Å². The van der Waals surface area contributed by atoms with E-state index in [-0.39, 0.29) is 0 Å². The summed E-state index contributed by atoms with van der Waals surface area (Å²) < 4.78 is 0. The molecule has 2 aliphatic carbocycles. The maximum Gasteiger partial charge on any atom is 0.258 e. The van der Waals surface area contributed by atoms with E-state index in [2.05, 4.69) is 47.8 Å². The lowest BCUT2D eigenvalue weighted by Gasteiger charge is -2.58. The molecule has 0 atom stereocenters. The van der Waals surface area contributed by atoms with Crippen molar-refractivity contribution < 1.29 is 0 Å². The standard InChI is InChI=1S/C21H29BN3/c1-16-4-3-5-20(17(16)2)25-8-6-24(7-9-25)14-18-10-21(11-18)12-19(13-21)22-15-23/h3-5,18-19H,6-14H2,1-2H3. The van der Waals surface area contributed by atoms with E-state index in [1.165, 1.54) is 62.1 Å². The Balaban J connectivity index is 1.22. The lowest BCUT2D eigenvalue weighted by atomic mass is 9.40. The summed E-state index contributed by atoms with van der Waals surface area (Å²) >= 11 is 0. The van der Waals surface area contributed by atoms with Gasteiger partial charge in [0.25, 0.3) is 7.28 Å². The molecule has 1 aromatic carbocycles. The van der Waals surface area contributed by atoms with Crippen LogP contribution in [-0.2, 0) is 0 Å². The number of piperazine rings is 1. The number of rotatable bonds is 4. The van der Waals surface area contributed by atoms with Crippen molar-refractivity contribution in [3.05, 3.63) is 29.3 Å². The fraction of sp³-hybridized carbons (Fsp3) is 0.667. The molecular formula is C21H29BN3. The number of hydrogen-bond acceptors (Lipinski definition) is 3. The lowest BCUT2D eigenvalue weighted by Crippen LogP contribution is -2.53. The van der Waals surface area contributed by atoms with Crippen LogP contribution in [0.5, 0.6) is 0 Å². The predicted octanol–water partition coefficient (Wildman–Crippen LogP) is 3.59. The Bertz CT molecular complexity index is 658. The van der Waals surface area contributed by atoms with Crippen molar-refractivity contribution in [3.8, 4) is 5.97 Å². The van der Waals surface area contributed by atoms with Crippen LogP contribution in [0, 0.1) is 36.4 Å². The van der Waals surface area contributed by atoms with E-state index < -0.39 is 0 Å². The third-order valence-corrected chi connectivity index (χ3v) is 6.95. The number of anilines is 1. The van der Waals surface area contributed by atoms with Gasteiger partial charge in [0.15, 0.2) is 0 Å². The molecule has 0 unspecified atom stereocenters. The molecule has 1 saturated heterocycles. The minimum Gasteiger partial charge on any atom is -0.369 e. The second-order valence-electron chi connectivity index (χ2n) is 8.75. The van der Waals surface area contributed by atoms with E-state index in [4.69, 9.17) is 5.26 Å². The van der Waals surface area contributed by atoms with Gasteiger partial charge in [-0.2, -0.15) is 0 Å². The molecule has 1 aromatic rings. The molecule has 3 nitrogen and oxygen atoms in total. The topological polar surface area (TPSA) is 30.3 Å². The average Bonchev–Trinajstić information content (AvgIpc) is 2.54. The molecule has 0 amide bonds. The largest absolute Gasteiger partial charge is 0.369 e. The minimum absolute atomic E-state index is 0.590. The lowest BCUT2D eigenvalue weighted by molar-refractivity contribution is -0.0375. The Morgan fingerprint density at radius 1 is 1.12 bits per heavy atom. The summed E-state index contributed by atoms with van der Waals surface area (Å²) in [7, 11) is 1.85. The third kappa shape index (κ3) is 3.32. The summed E-state index contributed by atoms with van der Waals surface area (Å²) in [6.07, 6.45) is 5.36. The molecule has 1 heterocycles. The van der Waals surface area contributed by atoms with Gasteiger partial charge in [-0.1, -0.05) is 30.8 Å². The van der Waals surface area contributed by atoms with Gasteiger partial charge in [0.1, 0.15) is 0 Å². The summed E-state index contributed by atoms with van der Waals surface area (Å²) in [6.45, 7) is 10.4. The van der Waals surface area contributed by atoms with Crippen LogP contribution in [0.1, 0.15) is 36.8 Å². The molecule has 4 rings (SSSR count). The highest BCUT2D eigenvalue weighted by atomic mass is 15.3. The second kappa shape index (κ2) is 6.69. The van der Waals surface area contributed by atoms with Gasteiger partial charge < -0.3 is 4.90 Å². The summed E-state index contributed by atoms with van der Waals surface area (Å²) in [5.74, 6) is 3.71. The van der Waals surface area contributed by atoms with Gasteiger partial charge in [0.05, 0.1) is 0 Å². The summed E-state index contributed by atoms with van der Waals surface area (Å²) in [5.41, 5.74) is 4.89. The van der Waals surface area contributed by atoms with Crippen LogP contribution >= 0.6 is 0 Å². The van der Waals surface area contributed by atoms with Gasteiger partial charge in [-0.25, -0.2) is 5.26 Å². The van der Waals surface area contributed by atoms with Gasteiger partial charge >= 0.3 is 0 Å². The number of hydrogen-bond donors (Lipinski definition) is 0. The number of aryl methyl sites for hydroxylation is 1. The van der Waals surface area contributed by atoms with Crippen molar-refractivity contribution in [1.82, 2.24) is 4.90 Å². The Morgan fingerprint density at radius 2 is 1.84 bits per heavy atom. The van der Waals surface area contributed by atoms with Gasteiger partial charge in [0.2, 0.25) is 0 Å². The predicted molar refractivity (Wildman–Crippen MR) is 104 cm³/mol. The van der Waals surface area contributed by atoms with E-state index >= 15 is 0 Å². The van der Waals surface area contributed by atoms with E-state index in [1.807, 2.05) is 7.28 Å². The fourth-order valence-corrected chi connectivity index (χ4v) is 5.52. The second-order valence-corrected chi connectivity index (χ2v) is 8.75. The quantitative estimate of drug-likeness (QED) is 0.789. The zero-order chi connectivity index (χ0) is 17.4. The first-order valence-corrected chi connectivity index (χ1v) is 9.85. The van der Waals surface area contributed by atoms with E-state index in [0.29, 0.717) is 11.2 Å². The Morgan fingerprint density at radius 3 is 2.52 bits per heavy atom. The summed E-state index contributed by atoms with van der Waals surface area (Å²) in [6, 6.07) is 6.67. The first-order valence-electron chi connectivity index (χ1n) is 9.85. The first-order chi connectivity index (χ1) is 12.1. The molecular weight excluding hydrogens is 305 g/mol. The van der Waals surface area contributed by atoms with Crippen LogP contribution in [-0.4, -0.2) is 44.9 Å². The highest BCUT2D eigenvalue weighted by molar-refractivity contribution is 6.47. The molecule has 0 bridgehead atoms. The molecule has 131 valence electrons. The van der Waals surface area contributed by atoms with Crippen LogP contribution in [0.3, 0.4) is 0 Å². The molecule has 1 radical (unpaired) electrons. The fourth-order valence-electron chi connectivity index (χ4n) is 5.52. The molecule has 4 heteroatoms. The SMILES string of the molecule is Cc1cccc(N2CCN(CC3CC4(CC([B]C#N)C4)C3)CC2)c1C. The van der Waals surface area contributed by atoms with Crippen LogP contribution in [0.25, 0.3) is 0 Å². The Labute approximate surface area is 153 Å². The smallest absolute Gasteiger partial charge is 0.258 e. The molecule has 25 heavy (non-hydrogen) atoms. The molecule has 1 aliphatic heterocycles. The van der Waals surface area contributed by atoms with E-state index in [0.717, 1.165) is 19.0 Å². The van der Waals surface area contributed by atoms with Crippen molar-refractivity contribution in [2.75, 3.05) is 37.6 Å². The normalized spacial score (nSPS) is 32.0. The maximum atomic E-state index is 8.75. The molecule has 2 saturated carbocycles. The highest BCUT2D eigenvalue weighted by Crippen LogP contribution is 2.63. The molecule has 0 N–H and O–H groups in total. The van der Waals surface area contributed by atoms with Crippen molar-refractivity contribution in [3.63, 3.8) is 0 Å². The number of nitriles is 1. The Hall–Kier alpha value is -1.47. The zero-order valence-corrected chi connectivity index (χ0v) is 15.7. The molecule has 3 fully saturated rings. The summed E-state index contributed by atoms with van der Waals surface area (Å²) in [5, 5.41) is 8.75. The van der Waals surface area contributed by atoms with Gasteiger partial charge in [-0.3, -0.25) is 4.90 Å². The van der Waals surface area contributed by atoms with Gasteiger partial charge in [0, 0.05) is 38.4 Å². The van der Waals surface area contributed by atoms with Crippen LogP contribution in [0.2, 0.25) is 5.82 Å². The van der Waals surface area contributed by atoms with Crippen LogP contribution < -0.4 is 4.90 Å². The van der Waals surface area contributed by atoms with Crippen molar-refractivity contribution in [1.29, 1.82) is 5.26 Å². The van der Waals surface area contributed by atoms with Crippen molar-refractivity contribution in [2.45, 2.75) is 45.3 Å². The summed E-state index contributed by atoms with van der Waals surface area (Å²) in [4.78, 5) is 5.24. The van der Waals surface area contributed by atoms with Crippen LogP contribution in [0.15, 0.2) is 18.2 Å². The van der Waals surface area contributed by atoms with Gasteiger partial charge in [-0.15, -0.1) is 0 Å². The van der Waals surface area contributed by atoms with Crippen molar-refractivity contribution >= 4 is 13.0 Å². The Kier molecular flexibility index (Phi) is 4.54. The average molecular weight is 334 g/mol. The number of benzene rings is 1. The molecule has 0 aromatic heterocycles. The third-order valence-electron chi connectivity index (χ3n) is 6.95. The zero-order valence-electron chi connectivity index (χ0n) is 15.7. The molecule has 1 spiro atoms. The van der Waals surface area contributed by atoms with Crippen molar-refractivity contribution in [2.24, 2.45) is 11.3 Å². The highest BCUT2D eigenvalue weighted by Gasteiger charge is 2.52. The minimum atomic E-state index is 0.590. The maximum absolute atomic E-state index is 8.75. The number of nitrogens with zero attached hydrogens (tertiary/aromatic N) is 3. The first kappa shape index (κ1) is 17.0. The van der Waals surface area contributed by atoms with E-state index in [9.17, 15) is 0 Å². The molecule has 3 aliphatic rings. The van der Waals surface area contributed by atoms with E-state index in [1.54, 1.807) is 0 Å².